The zero-order valence-corrected chi connectivity index (χ0v) is 39.0. The summed E-state index contributed by atoms with van der Waals surface area (Å²) in [7, 11) is -4.65. The molecule has 0 radical (unpaired) electrons. The van der Waals surface area contributed by atoms with Gasteiger partial charge in [0.1, 0.15) is 25.0 Å². The summed E-state index contributed by atoms with van der Waals surface area (Å²) >= 11 is 0. The second-order valence-corrected chi connectivity index (χ2v) is 17.1. The number of nitrogens with one attached hydrogen (secondary N) is 6. The monoisotopic (exact) mass is 958 g/mol. The number of hydroxylamine groups is 1. The van der Waals surface area contributed by atoms with Gasteiger partial charge in [-0.05, 0) is 62.1 Å². The maximum Gasteiger partial charge on any atom is 0.472 e. The third-order valence-electron chi connectivity index (χ3n) is 9.59. The van der Waals surface area contributed by atoms with Crippen LogP contribution >= 0.6 is 7.82 Å². The SMILES string of the molecule is CCCC(=O)OC[C@H](COP(=O)(O)OCCNC(=O)CCOC(=O)NCCCNC(=O)CNC(=O)[C@@H]1Cc2ccc(cc2)OCCC[C@H](C(=O)NO)[C@@H](CC(C)C)C(=O)N1)OC(=O)CCC. The van der Waals surface area contributed by atoms with Crippen molar-refractivity contribution < 1.29 is 81.0 Å². The molecule has 66 heavy (non-hydrogen) atoms. The summed E-state index contributed by atoms with van der Waals surface area (Å²) in [6.07, 6.45) is 0.360. The van der Waals surface area contributed by atoms with Gasteiger partial charge in [-0.1, -0.05) is 39.8 Å². The van der Waals surface area contributed by atoms with Crippen molar-refractivity contribution in [2.45, 2.75) is 104 Å². The van der Waals surface area contributed by atoms with E-state index in [1.54, 1.807) is 43.6 Å². The van der Waals surface area contributed by atoms with E-state index >= 15 is 0 Å². The van der Waals surface area contributed by atoms with Crippen molar-refractivity contribution in [3.8, 4) is 5.75 Å². The largest absolute Gasteiger partial charge is 0.494 e. The summed E-state index contributed by atoms with van der Waals surface area (Å²) in [5.41, 5.74) is 2.37. The van der Waals surface area contributed by atoms with Crippen LogP contribution in [-0.2, 0) is 67.8 Å². The van der Waals surface area contributed by atoms with Crippen molar-refractivity contribution in [2.24, 2.45) is 17.8 Å². The Kier molecular flexibility index (Phi) is 27.1. The third-order valence-corrected chi connectivity index (χ3v) is 10.6. The lowest BCUT2D eigenvalue weighted by atomic mass is 9.81. The Bertz CT molecular complexity index is 1770. The lowest BCUT2D eigenvalue weighted by Gasteiger charge is -2.28. The zero-order valence-electron chi connectivity index (χ0n) is 38.1. The summed E-state index contributed by atoms with van der Waals surface area (Å²) in [6.45, 7) is 5.48. The number of alkyl carbamates (subject to hydrolysis) is 1. The topological polar surface area (TPSA) is 322 Å². The van der Waals surface area contributed by atoms with Crippen LogP contribution in [0.3, 0.4) is 0 Å². The van der Waals surface area contributed by atoms with Gasteiger partial charge in [-0.25, -0.2) is 14.8 Å². The first-order valence-electron chi connectivity index (χ1n) is 22.1. The Morgan fingerprint density at radius 2 is 1.52 bits per heavy atom. The van der Waals surface area contributed by atoms with Gasteiger partial charge in [-0.2, -0.15) is 0 Å². The van der Waals surface area contributed by atoms with Gasteiger partial charge < -0.3 is 50.4 Å². The van der Waals surface area contributed by atoms with Gasteiger partial charge >= 0.3 is 25.9 Å². The van der Waals surface area contributed by atoms with E-state index in [-0.39, 0.29) is 83.9 Å². The molecule has 8 N–H and O–H groups in total. The van der Waals surface area contributed by atoms with Crippen LogP contribution in [0.1, 0.15) is 91.0 Å². The number of rotatable bonds is 27. The van der Waals surface area contributed by atoms with Crippen LogP contribution in [0, 0.1) is 17.8 Å². The molecular formula is C42H67N6O17P. The van der Waals surface area contributed by atoms with Crippen molar-refractivity contribution in [3.05, 3.63) is 29.8 Å². The molecule has 2 heterocycles. The van der Waals surface area contributed by atoms with E-state index in [0.717, 1.165) is 0 Å². The van der Waals surface area contributed by atoms with E-state index in [9.17, 15) is 53.0 Å². The van der Waals surface area contributed by atoms with E-state index in [2.05, 4.69) is 26.6 Å². The highest BCUT2D eigenvalue weighted by molar-refractivity contribution is 7.47. The van der Waals surface area contributed by atoms with E-state index in [1.165, 1.54) is 0 Å². The van der Waals surface area contributed by atoms with Crippen LogP contribution in [0.2, 0.25) is 0 Å². The highest BCUT2D eigenvalue weighted by Crippen LogP contribution is 2.43. The normalized spacial score (nSPS) is 17.6. The smallest absolute Gasteiger partial charge is 0.472 e. The average molecular weight is 959 g/mol. The molecule has 1 aromatic rings. The minimum absolute atomic E-state index is 0.00391. The fourth-order valence-electron chi connectivity index (χ4n) is 6.33. The Hall–Kier alpha value is -5.35. The van der Waals surface area contributed by atoms with Crippen LogP contribution in [-0.4, -0.2) is 129 Å². The molecular weight excluding hydrogens is 891 g/mol. The van der Waals surface area contributed by atoms with E-state index in [0.29, 0.717) is 37.0 Å². The maximum absolute atomic E-state index is 13.7. The Morgan fingerprint density at radius 3 is 2.20 bits per heavy atom. The van der Waals surface area contributed by atoms with Crippen molar-refractivity contribution in [1.29, 1.82) is 0 Å². The predicted octanol–water partition coefficient (Wildman–Crippen LogP) is 1.71. The number of ether oxygens (including phenoxy) is 4. The lowest BCUT2D eigenvalue weighted by Crippen LogP contribution is -2.53. The molecule has 0 spiro atoms. The molecule has 0 saturated carbocycles. The number of phosphoric ester groups is 1. The van der Waals surface area contributed by atoms with E-state index < -0.39 is 99.1 Å². The summed E-state index contributed by atoms with van der Waals surface area (Å²) in [4.78, 5) is 110. The molecule has 2 bridgehead atoms. The van der Waals surface area contributed by atoms with Crippen LogP contribution < -0.4 is 36.8 Å². The van der Waals surface area contributed by atoms with Gasteiger partial charge in [0.15, 0.2) is 6.10 Å². The maximum atomic E-state index is 13.7. The first-order chi connectivity index (χ1) is 31.5. The Labute approximate surface area is 384 Å². The number of phosphoric acid groups is 1. The van der Waals surface area contributed by atoms with Crippen LogP contribution in [0.5, 0.6) is 5.75 Å². The molecule has 3 rings (SSSR count). The second kappa shape index (κ2) is 31.5. The first kappa shape index (κ1) is 56.8. The Morgan fingerprint density at radius 1 is 0.833 bits per heavy atom. The number of hydrogen-bond donors (Lipinski definition) is 8. The number of carbonyl (C=O) groups excluding carboxylic acids is 8. The number of benzene rings is 1. The summed E-state index contributed by atoms with van der Waals surface area (Å²) in [5.74, 6) is -5.30. The molecule has 1 aromatic carbocycles. The zero-order chi connectivity index (χ0) is 48.9. The van der Waals surface area contributed by atoms with Crippen molar-refractivity contribution in [3.63, 3.8) is 0 Å². The van der Waals surface area contributed by atoms with Crippen molar-refractivity contribution in [2.75, 3.05) is 59.2 Å². The van der Waals surface area contributed by atoms with Crippen molar-refractivity contribution in [1.82, 2.24) is 32.1 Å². The molecule has 0 fully saturated rings. The van der Waals surface area contributed by atoms with Gasteiger partial charge in [-0.3, -0.25) is 47.8 Å². The molecule has 6 amide bonds. The van der Waals surface area contributed by atoms with Gasteiger partial charge in [0.05, 0.1) is 38.7 Å². The first-order valence-corrected chi connectivity index (χ1v) is 23.6. The number of fused-ring (bicyclic) bond motifs is 11. The lowest BCUT2D eigenvalue weighted by molar-refractivity contribution is -0.161. The fourth-order valence-corrected chi connectivity index (χ4v) is 7.08. The van der Waals surface area contributed by atoms with Crippen molar-refractivity contribution >= 4 is 55.4 Å². The molecule has 23 nitrogen and oxygen atoms in total. The van der Waals surface area contributed by atoms with Gasteiger partial charge in [0.25, 0.3) is 0 Å². The number of amides is 6. The summed E-state index contributed by atoms with van der Waals surface area (Å²) < 4.78 is 43.0. The standard InChI is InChI=1S/C42H67N6O17P/c1-5-9-37(51)62-26-31(65-38(52)10-6-2)27-64-66(58,59)63-22-19-44-35(49)16-21-61-42(56)45-18-8-17-43-36(50)25-46-41(55)34-24-29-12-14-30(15-13-29)60-20-7-11-32(40(54)48-57)33(23-28(3)4)39(53)47-34/h12-15,28,31-34,57H,5-11,16-27H2,1-4H3,(H,43,50)(H,44,49)(H,45,56)(H,46,55)(H,47,53)(H,48,54)(H,58,59)/t31-,32+,33-,34+/m1/s1. The molecule has 0 saturated heterocycles. The molecule has 24 heteroatoms. The summed E-state index contributed by atoms with van der Waals surface area (Å²) in [6, 6.07) is 5.88. The van der Waals surface area contributed by atoms with Crippen LogP contribution in [0.4, 0.5) is 4.79 Å². The number of esters is 2. The van der Waals surface area contributed by atoms with E-state index in [4.69, 9.17) is 28.0 Å². The number of hydrogen-bond acceptors (Lipinski definition) is 16. The molecule has 2 aliphatic rings. The summed E-state index contributed by atoms with van der Waals surface area (Å²) in [5, 5.41) is 22.3. The van der Waals surface area contributed by atoms with Gasteiger partial charge in [-0.15, -0.1) is 0 Å². The van der Waals surface area contributed by atoms with Gasteiger partial charge in [0, 0.05) is 44.8 Å². The third kappa shape index (κ3) is 24.3. The minimum Gasteiger partial charge on any atom is -0.494 e. The molecule has 2 aliphatic heterocycles. The minimum atomic E-state index is -4.65. The molecule has 372 valence electrons. The van der Waals surface area contributed by atoms with Gasteiger partial charge in [0.2, 0.25) is 29.5 Å². The highest BCUT2D eigenvalue weighted by Gasteiger charge is 2.36. The van der Waals surface area contributed by atoms with E-state index in [1.807, 2.05) is 13.8 Å². The fraction of sp³-hybridized carbons (Fsp3) is 0.667. The average Bonchev–Trinajstić information content (AvgIpc) is 3.27. The molecule has 0 aliphatic carbocycles. The van der Waals surface area contributed by atoms with Crippen LogP contribution in [0.15, 0.2) is 24.3 Å². The highest BCUT2D eigenvalue weighted by atomic mass is 31.2. The number of carbonyl (C=O) groups is 8. The molecule has 1 unspecified atom stereocenters. The second-order valence-electron chi connectivity index (χ2n) is 15.7. The Balaban J connectivity index is 1.71. The van der Waals surface area contributed by atoms with Crippen LogP contribution in [0.25, 0.3) is 0 Å². The molecule has 0 aromatic heterocycles. The predicted molar refractivity (Wildman–Crippen MR) is 233 cm³/mol. The molecule has 5 atom stereocenters. The quantitative estimate of drug-likeness (QED) is 0.0155.